The second-order valence-electron chi connectivity index (χ2n) is 4.44. The molecule has 0 radical (unpaired) electrons. The van der Waals surface area contributed by atoms with Crippen LogP contribution in [0, 0.1) is 6.92 Å². The summed E-state index contributed by atoms with van der Waals surface area (Å²) < 4.78 is 1.68. The van der Waals surface area contributed by atoms with Gasteiger partial charge in [-0.25, -0.2) is 0 Å². The molecule has 0 aliphatic heterocycles. The SMILES string of the molecule is Cc1c(N)cccc1CNC(=O)c1ccc(Br)cc1Br. The number of rotatable bonds is 3. The third-order valence-electron chi connectivity index (χ3n) is 3.10. The third-order valence-corrected chi connectivity index (χ3v) is 4.25. The van der Waals surface area contributed by atoms with E-state index in [1.807, 2.05) is 37.3 Å². The molecule has 0 spiro atoms. The van der Waals surface area contributed by atoms with E-state index in [0.717, 1.165) is 25.8 Å². The predicted molar refractivity (Wildman–Crippen MR) is 88.6 cm³/mol. The maximum atomic E-state index is 12.2. The molecule has 0 aliphatic rings. The predicted octanol–water partition coefficient (Wildman–Crippen LogP) is 4.03. The lowest BCUT2D eigenvalue weighted by molar-refractivity contribution is 0.0950. The second-order valence-corrected chi connectivity index (χ2v) is 6.21. The molecule has 0 heterocycles. The van der Waals surface area contributed by atoms with Gasteiger partial charge in [0, 0.05) is 21.2 Å². The van der Waals surface area contributed by atoms with Gasteiger partial charge in [0.15, 0.2) is 0 Å². The highest BCUT2D eigenvalue weighted by Gasteiger charge is 2.10. The van der Waals surface area contributed by atoms with Crippen LogP contribution in [0.4, 0.5) is 5.69 Å². The molecule has 0 saturated carbocycles. The number of benzene rings is 2. The number of hydrogen-bond acceptors (Lipinski definition) is 2. The Morgan fingerprint density at radius 1 is 1.25 bits per heavy atom. The van der Waals surface area contributed by atoms with E-state index in [4.69, 9.17) is 5.73 Å². The lowest BCUT2D eigenvalue weighted by Crippen LogP contribution is -2.23. The normalized spacial score (nSPS) is 10.3. The lowest BCUT2D eigenvalue weighted by atomic mass is 10.1. The van der Waals surface area contributed by atoms with Crippen molar-refractivity contribution in [2.75, 3.05) is 5.73 Å². The van der Waals surface area contributed by atoms with E-state index in [2.05, 4.69) is 37.2 Å². The van der Waals surface area contributed by atoms with Gasteiger partial charge in [-0.05, 0) is 58.2 Å². The first-order chi connectivity index (χ1) is 9.49. The van der Waals surface area contributed by atoms with Crippen LogP contribution in [-0.4, -0.2) is 5.91 Å². The number of amides is 1. The highest BCUT2D eigenvalue weighted by Crippen LogP contribution is 2.22. The Morgan fingerprint density at radius 2 is 2.00 bits per heavy atom. The van der Waals surface area contributed by atoms with Gasteiger partial charge in [-0.2, -0.15) is 0 Å². The lowest BCUT2D eigenvalue weighted by Gasteiger charge is -2.10. The van der Waals surface area contributed by atoms with Crippen LogP contribution < -0.4 is 11.1 Å². The zero-order valence-electron chi connectivity index (χ0n) is 10.9. The van der Waals surface area contributed by atoms with Crippen molar-refractivity contribution >= 4 is 43.5 Å². The van der Waals surface area contributed by atoms with Crippen molar-refractivity contribution in [1.82, 2.24) is 5.32 Å². The number of carbonyl (C=O) groups excluding carboxylic acids is 1. The maximum absolute atomic E-state index is 12.2. The Kier molecular flexibility index (Phi) is 4.83. The molecule has 20 heavy (non-hydrogen) atoms. The number of nitrogens with two attached hydrogens (primary N) is 1. The number of nitrogen functional groups attached to an aromatic ring is 1. The monoisotopic (exact) mass is 396 g/mol. The first-order valence-electron chi connectivity index (χ1n) is 6.06. The van der Waals surface area contributed by atoms with Gasteiger partial charge in [-0.1, -0.05) is 28.1 Å². The van der Waals surface area contributed by atoms with Crippen LogP contribution in [0.3, 0.4) is 0 Å². The highest BCUT2D eigenvalue weighted by molar-refractivity contribution is 9.11. The second kappa shape index (κ2) is 6.41. The van der Waals surface area contributed by atoms with Crippen molar-refractivity contribution < 1.29 is 4.79 Å². The zero-order valence-corrected chi connectivity index (χ0v) is 14.1. The molecule has 0 bridgehead atoms. The van der Waals surface area contributed by atoms with E-state index in [9.17, 15) is 4.79 Å². The third kappa shape index (κ3) is 3.41. The van der Waals surface area contributed by atoms with Gasteiger partial charge in [0.1, 0.15) is 0 Å². The zero-order chi connectivity index (χ0) is 14.7. The summed E-state index contributed by atoms with van der Waals surface area (Å²) in [5.41, 5.74) is 9.22. The van der Waals surface area contributed by atoms with E-state index in [1.165, 1.54) is 0 Å². The summed E-state index contributed by atoms with van der Waals surface area (Å²) in [4.78, 5) is 12.2. The first-order valence-corrected chi connectivity index (χ1v) is 7.65. The average Bonchev–Trinajstić information content (AvgIpc) is 2.40. The minimum Gasteiger partial charge on any atom is -0.399 e. The molecule has 1 amide bonds. The Bertz CT molecular complexity index is 656. The summed E-state index contributed by atoms with van der Waals surface area (Å²) in [5.74, 6) is -0.119. The summed E-state index contributed by atoms with van der Waals surface area (Å²) in [6.45, 7) is 2.41. The summed E-state index contributed by atoms with van der Waals surface area (Å²) >= 11 is 6.75. The van der Waals surface area contributed by atoms with E-state index in [0.29, 0.717) is 12.1 Å². The topological polar surface area (TPSA) is 55.1 Å². The van der Waals surface area contributed by atoms with Gasteiger partial charge in [-0.3, -0.25) is 4.79 Å². The minimum absolute atomic E-state index is 0.119. The fraction of sp³-hybridized carbons (Fsp3) is 0.133. The summed E-state index contributed by atoms with van der Waals surface area (Å²) in [6, 6.07) is 11.2. The van der Waals surface area contributed by atoms with Crippen LogP contribution in [0.5, 0.6) is 0 Å². The van der Waals surface area contributed by atoms with Crippen molar-refractivity contribution in [3.8, 4) is 0 Å². The highest BCUT2D eigenvalue weighted by atomic mass is 79.9. The van der Waals surface area contributed by atoms with Gasteiger partial charge in [0.25, 0.3) is 5.91 Å². The summed E-state index contributed by atoms with van der Waals surface area (Å²) in [6.07, 6.45) is 0. The molecule has 0 saturated heterocycles. The van der Waals surface area contributed by atoms with Crippen LogP contribution in [0.15, 0.2) is 45.3 Å². The number of halogens is 2. The van der Waals surface area contributed by atoms with E-state index >= 15 is 0 Å². The van der Waals surface area contributed by atoms with Crippen LogP contribution in [-0.2, 0) is 6.54 Å². The Labute approximate surface area is 134 Å². The quantitative estimate of drug-likeness (QED) is 0.768. The number of anilines is 1. The molecular weight excluding hydrogens is 384 g/mol. The molecule has 0 atom stereocenters. The molecular formula is C15H14Br2N2O. The Hall–Kier alpha value is -1.33. The van der Waals surface area contributed by atoms with E-state index in [1.54, 1.807) is 6.07 Å². The minimum atomic E-state index is -0.119. The molecule has 104 valence electrons. The van der Waals surface area contributed by atoms with Gasteiger partial charge in [0.05, 0.1) is 5.56 Å². The van der Waals surface area contributed by atoms with Gasteiger partial charge in [-0.15, -0.1) is 0 Å². The van der Waals surface area contributed by atoms with Crippen LogP contribution in [0.2, 0.25) is 0 Å². The molecule has 0 fully saturated rings. The van der Waals surface area contributed by atoms with E-state index in [-0.39, 0.29) is 5.91 Å². The van der Waals surface area contributed by atoms with Gasteiger partial charge < -0.3 is 11.1 Å². The largest absolute Gasteiger partial charge is 0.399 e. The standard InChI is InChI=1S/C15H14Br2N2O/c1-9-10(3-2-4-14(9)18)8-19-15(20)12-6-5-11(16)7-13(12)17/h2-7H,8,18H2,1H3,(H,19,20). The Morgan fingerprint density at radius 3 is 2.70 bits per heavy atom. The average molecular weight is 398 g/mol. The summed E-state index contributed by atoms with van der Waals surface area (Å²) in [5, 5.41) is 2.90. The van der Waals surface area contributed by atoms with E-state index < -0.39 is 0 Å². The molecule has 2 rings (SSSR count). The number of hydrogen-bond donors (Lipinski definition) is 2. The summed E-state index contributed by atoms with van der Waals surface area (Å²) in [7, 11) is 0. The molecule has 0 unspecified atom stereocenters. The van der Waals surface area contributed by atoms with Gasteiger partial charge >= 0.3 is 0 Å². The van der Waals surface area contributed by atoms with Crippen LogP contribution >= 0.6 is 31.9 Å². The number of nitrogens with one attached hydrogen (secondary N) is 1. The van der Waals surface area contributed by atoms with Crippen molar-refractivity contribution in [3.63, 3.8) is 0 Å². The molecule has 3 N–H and O–H groups in total. The van der Waals surface area contributed by atoms with Gasteiger partial charge in [0.2, 0.25) is 0 Å². The Balaban J connectivity index is 2.11. The number of carbonyl (C=O) groups is 1. The fourth-order valence-electron chi connectivity index (χ4n) is 1.84. The molecule has 0 aliphatic carbocycles. The maximum Gasteiger partial charge on any atom is 0.252 e. The molecule has 2 aromatic carbocycles. The van der Waals surface area contributed by atoms with Crippen molar-refractivity contribution in [1.29, 1.82) is 0 Å². The molecule has 3 nitrogen and oxygen atoms in total. The molecule has 5 heteroatoms. The molecule has 2 aromatic rings. The smallest absolute Gasteiger partial charge is 0.252 e. The van der Waals surface area contributed by atoms with Crippen molar-refractivity contribution in [2.24, 2.45) is 0 Å². The fourth-order valence-corrected chi connectivity index (χ4v) is 3.07. The molecule has 0 aromatic heterocycles. The first kappa shape index (κ1) is 15.1. The van der Waals surface area contributed by atoms with Crippen LogP contribution in [0.25, 0.3) is 0 Å². The van der Waals surface area contributed by atoms with Crippen LogP contribution in [0.1, 0.15) is 21.5 Å². The van der Waals surface area contributed by atoms with Crippen molar-refractivity contribution in [3.05, 3.63) is 62.0 Å². The van der Waals surface area contributed by atoms with Crippen molar-refractivity contribution in [2.45, 2.75) is 13.5 Å².